The number of benzene rings is 1. The zero-order valence-electron chi connectivity index (χ0n) is 14.2. The Morgan fingerprint density at radius 1 is 0.957 bits per heavy atom. The summed E-state index contributed by atoms with van der Waals surface area (Å²) in [4.78, 5) is 0. The molecule has 4 fully saturated rings. The van der Waals surface area contributed by atoms with Crippen molar-refractivity contribution in [3.8, 4) is 0 Å². The first-order valence-electron chi connectivity index (χ1n) is 9.26. The predicted octanol–water partition coefficient (Wildman–Crippen LogP) is 4.92. The average Bonchev–Trinajstić information content (AvgIpc) is 2.50. The highest BCUT2D eigenvalue weighted by molar-refractivity contribution is 7.80. The first-order valence-corrected chi connectivity index (χ1v) is 9.66. The Morgan fingerprint density at radius 3 is 2.04 bits per heavy atom. The normalized spacial score (nSPS) is 34.7. The molecule has 0 amide bonds. The fraction of sp³-hybridized carbons (Fsp3) is 0.650. The highest BCUT2D eigenvalue weighted by Gasteiger charge is 2.48. The summed E-state index contributed by atoms with van der Waals surface area (Å²) in [7, 11) is 0. The van der Waals surface area contributed by atoms with Gasteiger partial charge in [-0.2, -0.15) is 0 Å². The van der Waals surface area contributed by atoms with E-state index in [9.17, 15) is 0 Å². The van der Waals surface area contributed by atoms with Gasteiger partial charge in [-0.25, -0.2) is 0 Å². The van der Waals surface area contributed by atoms with Gasteiger partial charge in [0.15, 0.2) is 5.11 Å². The minimum Gasteiger partial charge on any atom is -0.359 e. The number of thiocarbonyl (C=S) groups is 1. The van der Waals surface area contributed by atoms with E-state index in [0.29, 0.717) is 12.0 Å². The van der Waals surface area contributed by atoms with Crippen molar-refractivity contribution in [3.05, 3.63) is 29.8 Å². The maximum Gasteiger partial charge on any atom is 0.171 e. The van der Waals surface area contributed by atoms with Crippen molar-refractivity contribution in [2.75, 3.05) is 5.32 Å². The van der Waals surface area contributed by atoms with Crippen LogP contribution in [0, 0.1) is 23.7 Å². The van der Waals surface area contributed by atoms with Gasteiger partial charge in [-0.1, -0.05) is 26.0 Å². The van der Waals surface area contributed by atoms with Crippen molar-refractivity contribution in [1.82, 2.24) is 5.32 Å². The summed E-state index contributed by atoms with van der Waals surface area (Å²) in [6, 6.07) is 9.27. The molecule has 1 aromatic rings. The molecule has 124 valence electrons. The van der Waals surface area contributed by atoms with Crippen molar-refractivity contribution in [2.24, 2.45) is 23.7 Å². The second-order valence-electron chi connectivity index (χ2n) is 8.33. The lowest BCUT2D eigenvalue weighted by atomic mass is 9.54. The summed E-state index contributed by atoms with van der Waals surface area (Å²) >= 11 is 5.60. The lowest BCUT2D eigenvalue weighted by molar-refractivity contribution is -0.00665. The van der Waals surface area contributed by atoms with Gasteiger partial charge in [-0.05, 0) is 91.6 Å². The third-order valence-corrected chi connectivity index (χ3v) is 6.58. The van der Waals surface area contributed by atoms with E-state index < -0.39 is 0 Å². The highest BCUT2D eigenvalue weighted by Crippen LogP contribution is 2.53. The van der Waals surface area contributed by atoms with E-state index in [4.69, 9.17) is 12.2 Å². The van der Waals surface area contributed by atoms with Crippen molar-refractivity contribution in [1.29, 1.82) is 0 Å². The molecule has 0 spiro atoms. The number of hydrogen-bond acceptors (Lipinski definition) is 1. The molecule has 0 aromatic heterocycles. The highest BCUT2D eigenvalue weighted by atomic mass is 32.1. The molecule has 4 aliphatic carbocycles. The van der Waals surface area contributed by atoms with E-state index in [2.05, 4.69) is 48.7 Å². The maximum atomic E-state index is 5.60. The molecule has 5 rings (SSSR count). The van der Waals surface area contributed by atoms with Crippen LogP contribution in [-0.4, -0.2) is 11.2 Å². The van der Waals surface area contributed by atoms with E-state index in [-0.39, 0.29) is 0 Å². The van der Waals surface area contributed by atoms with Crippen molar-refractivity contribution < 1.29 is 0 Å². The number of nitrogens with one attached hydrogen (secondary N) is 2. The van der Waals surface area contributed by atoms with Gasteiger partial charge in [0, 0.05) is 11.7 Å². The van der Waals surface area contributed by atoms with Gasteiger partial charge >= 0.3 is 0 Å². The molecule has 2 N–H and O–H groups in total. The van der Waals surface area contributed by atoms with Gasteiger partial charge in [0.25, 0.3) is 0 Å². The topological polar surface area (TPSA) is 24.1 Å². The maximum absolute atomic E-state index is 5.60. The van der Waals surface area contributed by atoms with Crippen LogP contribution in [0.25, 0.3) is 0 Å². The summed E-state index contributed by atoms with van der Waals surface area (Å²) in [6.45, 7) is 4.45. The van der Waals surface area contributed by atoms with Crippen LogP contribution < -0.4 is 10.6 Å². The Bertz CT molecular complexity index is 550. The fourth-order valence-electron chi connectivity index (χ4n) is 5.43. The van der Waals surface area contributed by atoms with Crippen LogP contribution in [0.15, 0.2) is 24.3 Å². The summed E-state index contributed by atoms with van der Waals surface area (Å²) in [5, 5.41) is 7.86. The van der Waals surface area contributed by atoms with Gasteiger partial charge in [0.1, 0.15) is 0 Å². The quantitative estimate of drug-likeness (QED) is 0.770. The van der Waals surface area contributed by atoms with E-state index >= 15 is 0 Å². The molecule has 4 aliphatic rings. The second kappa shape index (κ2) is 6.08. The molecule has 0 unspecified atom stereocenters. The van der Waals surface area contributed by atoms with E-state index in [1.54, 1.807) is 0 Å². The molecule has 4 bridgehead atoms. The second-order valence-corrected chi connectivity index (χ2v) is 8.74. The van der Waals surface area contributed by atoms with E-state index in [1.165, 1.54) is 37.7 Å². The molecule has 1 aromatic carbocycles. The summed E-state index contributed by atoms with van der Waals surface area (Å²) < 4.78 is 0. The Hall–Kier alpha value is -1.09. The molecule has 0 saturated heterocycles. The van der Waals surface area contributed by atoms with Crippen LogP contribution in [0.2, 0.25) is 0 Å². The standard InChI is InChI=1S/C20H28N2S/c1-12(2)15-3-5-18(6-4-15)21-20(23)22-19-16-8-13-7-14(10-16)11-17(19)9-13/h3-6,12-14,16-17,19H,7-11H2,1-2H3,(H2,21,22,23). The van der Waals surface area contributed by atoms with Crippen LogP contribution in [-0.2, 0) is 0 Å². The number of rotatable bonds is 3. The fourth-order valence-corrected chi connectivity index (χ4v) is 5.68. The van der Waals surface area contributed by atoms with Crippen molar-refractivity contribution in [3.63, 3.8) is 0 Å². The van der Waals surface area contributed by atoms with Gasteiger partial charge in [0.2, 0.25) is 0 Å². The molecule has 0 heterocycles. The summed E-state index contributed by atoms with van der Waals surface area (Å²) in [5.74, 6) is 4.31. The molecule has 0 aliphatic heterocycles. The molecule has 23 heavy (non-hydrogen) atoms. The van der Waals surface area contributed by atoms with Crippen molar-refractivity contribution in [2.45, 2.75) is 57.9 Å². The largest absolute Gasteiger partial charge is 0.359 e. The Balaban J connectivity index is 1.37. The number of anilines is 1. The van der Waals surface area contributed by atoms with Crippen LogP contribution in [0.1, 0.15) is 57.4 Å². The molecule has 3 heteroatoms. The third kappa shape index (κ3) is 3.13. The Kier molecular flexibility index (Phi) is 4.08. The Morgan fingerprint density at radius 2 is 1.52 bits per heavy atom. The van der Waals surface area contributed by atoms with Gasteiger partial charge in [0.05, 0.1) is 0 Å². The molecular weight excluding hydrogens is 300 g/mol. The monoisotopic (exact) mass is 328 g/mol. The zero-order chi connectivity index (χ0) is 16.0. The minimum absolute atomic E-state index is 0.571. The van der Waals surface area contributed by atoms with Gasteiger partial charge in [-0.15, -0.1) is 0 Å². The molecule has 4 saturated carbocycles. The van der Waals surface area contributed by atoms with Crippen LogP contribution in [0.3, 0.4) is 0 Å². The number of hydrogen-bond donors (Lipinski definition) is 2. The van der Waals surface area contributed by atoms with Crippen LogP contribution >= 0.6 is 12.2 Å². The first kappa shape index (κ1) is 15.4. The lowest BCUT2D eigenvalue weighted by Crippen LogP contribution is -2.56. The average molecular weight is 329 g/mol. The summed E-state index contributed by atoms with van der Waals surface area (Å²) in [5.41, 5.74) is 2.46. The van der Waals surface area contributed by atoms with Gasteiger partial charge < -0.3 is 10.6 Å². The van der Waals surface area contributed by atoms with E-state index in [0.717, 1.165) is 34.5 Å². The van der Waals surface area contributed by atoms with Crippen LogP contribution in [0.4, 0.5) is 5.69 Å². The lowest BCUT2D eigenvalue weighted by Gasteiger charge is -2.54. The zero-order valence-corrected chi connectivity index (χ0v) is 15.0. The first-order chi connectivity index (χ1) is 11.1. The SMILES string of the molecule is CC(C)c1ccc(NC(=S)NC2C3CC4CC(C3)CC2C4)cc1. The van der Waals surface area contributed by atoms with Gasteiger partial charge in [-0.3, -0.25) is 0 Å². The van der Waals surface area contributed by atoms with Crippen molar-refractivity contribution >= 4 is 23.0 Å². The minimum atomic E-state index is 0.571. The summed E-state index contributed by atoms with van der Waals surface area (Å²) in [6.07, 6.45) is 7.21. The third-order valence-electron chi connectivity index (χ3n) is 6.36. The predicted molar refractivity (Wildman–Crippen MR) is 101 cm³/mol. The van der Waals surface area contributed by atoms with Crippen LogP contribution in [0.5, 0.6) is 0 Å². The van der Waals surface area contributed by atoms with E-state index in [1.807, 2.05) is 0 Å². The molecule has 2 nitrogen and oxygen atoms in total. The molecular formula is C20H28N2S. The molecule has 0 radical (unpaired) electrons. The Labute approximate surface area is 145 Å². The molecule has 0 atom stereocenters. The smallest absolute Gasteiger partial charge is 0.171 e.